The van der Waals surface area contributed by atoms with Crippen LogP contribution in [0.1, 0.15) is 20.7 Å². The highest BCUT2D eigenvalue weighted by atomic mass is 79.9. The lowest BCUT2D eigenvalue weighted by atomic mass is 10.0. The van der Waals surface area contributed by atoms with Crippen molar-refractivity contribution in [2.24, 2.45) is 0 Å². The second-order valence-corrected chi connectivity index (χ2v) is 7.17. The summed E-state index contributed by atoms with van der Waals surface area (Å²) < 4.78 is 0.629. The molecule has 3 rings (SSSR count). The van der Waals surface area contributed by atoms with Gasteiger partial charge in [-0.25, -0.2) is 4.79 Å². The Hall–Kier alpha value is -3.03. The van der Waals surface area contributed by atoms with E-state index < -0.39 is 5.97 Å². The van der Waals surface area contributed by atoms with Crippen LogP contribution in [0.2, 0.25) is 0 Å². The highest BCUT2D eigenvalue weighted by Crippen LogP contribution is 2.21. The number of carbonyl (C=O) groups excluding carboxylic acids is 1. The molecule has 0 aromatic heterocycles. The zero-order valence-corrected chi connectivity index (χ0v) is 16.9. The number of rotatable bonds is 4. The summed E-state index contributed by atoms with van der Waals surface area (Å²) in [6.07, 6.45) is 0. The number of aromatic carboxylic acids is 1. The van der Waals surface area contributed by atoms with Crippen molar-refractivity contribution in [3.63, 3.8) is 0 Å². The molecule has 140 valence electrons. The molecule has 0 bridgehead atoms. The third-order valence-electron chi connectivity index (χ3n) is 3.94. The fourth-order valence-electron chi connectivity index (χ4n) is 2.58. The van der Waals surface area contributed by atoms with Gasteiger partial charge in [0.1, 0.15) is 0 Å². The van der Waals surface area contributed by atoms with Crippen molar-refractivity contribution in [1.82, 2.24) is 5.32 Å². The summed E-state index contributed by atoms with van der Waals surface area (Å²) in [4.78, 5) is 23.8. The van der Waals surface area contributed by atoms with Gasteiger partial charge in [-0.2, -0.15) is 0 Å². The van der Waals surface area contributed by atoms with Crippen LogP contribution in [0.3, 0.4) is 0 Å². The van der Waals surface area contributed by atoms with Crippen LogP contribution in [-0.4, -0.2) is 22.1 Å². The number of thiocarbonyl (C=S) groups is 1. The zero-order chi connectivity index (χ0) is 20.1. The van der Waals surface area contributed by atoms with Gasteiger partial charge < -0.3 is 10.4 Å². The summed E-state index contributed by atoms with van der Waals surface area (Å²) in [5, 5.41) is 14.6. The first-order valence-corrected chi connectivity index (χ1v) is 9.45. The molecular formula is C21H15BrN2O3S. The molecule has 3 aromatic carbocycles. The quantitative estimate of drug-likeness (QED) is 0.486. The molecule has 0 spiro atoms. The SMILES string of the molecule is O=C(NC(=S)Nc1ccc(Br)cc1C(=O)O)c1ccc(-c2ccccc2)cc1. The predicted molar refractivity (Wildman–Crippen MR) is 117 cm³/mol. The Morgan fingerprint density at radius 2 is 1.54 bits per heavy atom. The molecule has 0 atom stereocenters. The van der Waals surface area contributed by atoms with E-state index in [-0.39, 0.29) is 16.6 Å². The molecule has 0 aliphatic rings. The first-order chi connectivity index (χ1) is 13.4. The number of carboxylic acids is 1. The monoisotopic (exact) mass is 454 g/mol. The molecule has 0 aliphatic carbocycles. The summed E-state index contributed by atoms with van der Waals surface area (Å²) in [5.41, 5.74) is 2.83. The van der Waals surface area contributed by atoms with Gasteiger partial charge in [-0.3, -0.25) is 10.1 Å². The molecule has 7 heteroatoms. The van der Waals surface area contributed by atoms with E-state index >= 15 is 0 Å². The average molecular weight is 455 g/mol. The third-order valence-corrected chi connectivity index (χ3v) is 4.64. The normalized spacial score (nSPS) is 10.2. The van der Waals surface area contributed by atoms with Gasteiger partial charge in [-0.15, -0.1) is 0 Å². The highest BCUT2D eigenvalue weighted by Gasteiger charge is 2.13. The first-order valence-electron chi connectivity index (χ1n) is 8.25. The van der Waals surface area contributed by atoms with Crippen LogP contribution in [0.4, 0.5) is 5.69 Å². The molecule has 0 saturated carbocycles. The maximum Gasteiger partial charge on any atom is 0.337 e. The van der Waals surface area contributed by atoms with Crippen LogP contribution in [0.15, 0.2) is 77.3 Å². The van der Waals surface area contributed by atoms with E-state index in [1.807, 2.05) is 42.5 Å². The maximum atomic E-state index is 12.4. The van der Waals surface area contributed by atoms with Crippen LogP contribution in [0.5, 0.6) is 0 Å². The predicted octanol–water partition coefficient (Wildman–Crippen LogP) is 4.94. The van der Waals surface area contributed by atoms with E-state index in [4.69, 9.17) is 12.2 Å². The molecule has 0 fully saturated rings. The summed E-state index contributed by atoms with van der Waals surface area (Å²) in [5.74, 6) is -1.49. The lowest BCUT2D eigenvalue weighted by molar-refractivity contribution is 0.0697. The lowest BCUT2D eigenvalue weighted by Crippen LogP contribution is -2.34. The number of nitrogens with one attached hydrogen (secondary N) is 2. The van der Waals surface area contributed by atoms with Crippen molar-refractivity contribution < 1.29 is 14.7 Å². The van der Waals surface area contributed by atoms with Gasteiger partial charge in [0.25, 0.3) is 5.91 Å². The Kier molecular flexibility index (Phi) is 6.18. The minimum absolute atomic E-state index is 0.0157. The molecule has 1 amide bonds. The van der Waals surface area contributed by atoms with E-state index in [0.717, 1.165) is 11.1 Å². The minimum Gasteiger partial charge on any atom is -0.478 e. The van der Waals surface area contributed by atoms with Crippen LogP contribution < -0.4 is 10.6 Å². The standard InChI is InChI=1S/C21H15BrN2O3S/c22-16-10-11-18(17(12-16)20(26)27)23-21(28)24-19(25)15-8-6-14(7-9-15)13-4-2-1-3-5-13/h1-12H,(H,26,27)(H2,23,24,25,28). The topological polar surface area (TPSA) is 78.4 Å². The average Bonchev–Trinajstić information content (AvgIpc) is 2.70. The molecule has 3 aromatic rings. The molecule has 5 nitrogen and oxygen atoms in total. The van der Waals surface area contributed by atoms with Gasteiger partial charge in [0.15, 0.2) is 5.11 Å². The van der Waals surface area contributed by atoms with E-state index in [0.29, 0.717) is 15.7 Å². The second-order valence-electron chi connectivity index (χ2n) is 5.85. The van der Waals surface area contributed by atoms with E-state index in [9.17, 15) is 14.7 Å². The first kappa shape index (κ1) is 19.7. The zero-order valence-electron chi connectivity index (χ0n) is 14.5. The number of hydrogen-bond acceptors (Lipinski definition) is 3. The van der Waals surface area contributed by atoms with Gasteiger partial charge in [-0.05, 0) is 53.7 Å². The van der Waals surface area contributed by atoms with Crippen LogP contribution in [-0.2, 0) is 0 Å². The van der Waals surface area contributed by atoms with Gasteiger partial charge in [-0.1, -0.05) is 58.4 Å². The molecule has 0 unspecified atom stereocenters. The molecule has 0 aliphatic heterocycles. The maximum absolute atomic E-state index is 12.4. The summed E-state index contributed by atoms with van der Waals surface area (Å²) in [6, 6.07) is 21.7. The molecular weight excluding hydrogens is 440 g/mol. The Bertz CT molecular complexity index is 1040. The van der Waals surface area contributed by atoms with Gasteiger partial charge >= 0.3 is 5.97 Å². The van der Waals surface area contributed by atoms with Gasteiger partial charge in [0, 0.05) is 10.0 Å². The minimum atomic E-state index is -1.10. The van der Waals surface area contributed by atoms with E-state index in [2.05, 4.69) is 26.6 Å². The Morgan fingerprint density at radius 3 is 2.18 bits per heavy atom. The molecule has 0 heterocycles. The van der Waals surface area contributed by atoms with Crippen molar-refractivity contribution >= 4 is 50.8 Å². The number of carbonyl (C=O) groups is 2. The van der Waals surface area contributed by atoms with Crippen molar-refractivity contribution in [3.8, 4) is 11.1 Å². The number of benzene rings is 3. The number of amides is 1. The van der Waals surface area contributed by atoms with Crippen LogP contribution in [0, 0.1) is 0 Å². The summed E-state index contributed by atoms with van der Waals surface area (Å²) >= 11 is 8.38. The van der Waals surface area contributed by atoms with E-state index in [1.165, 1.54) is 6.07 Å². The molecule has 0 saturated heterocycles. The molecule has 0 radical (unpaired) electrons. The van der Waals surface area contributed by atoms with Gasteiger partial charge in [0.05, 0.1) is 11.3 Å². The number of halogens is 1. The van der Waals surface area contributed by atoms with Crippen molar-refractivity contribution in [3.05, 3.63) is 88.4 Å². The van der Waals surface area contributed by atoms with Gasteiger partial charge in [0.2, 0.25) is 0 Å². The largest absolute Gasteiger partial charge is 0.478 e. The highest BCUT2D eigenvalue weighted by molar-refractivity contribution is 9.10. The molecule has 28 heavy (non-hydrogen) atoms. The van der Waals surface area contributed by atoms with Crippen molar-refractivity contribution in [2.75, 3.05) is 5.32 Å². The van der Waals surface area contributed by atoms with E-state index in [1.54, 1.807) is 24.3 Å². The number of anilines is 1. The number of hydrogen-bond donors (Lipinski definition) is 3. The number of carboxylic acid groups (broad SMARTS) is 1. The summed E-state index contributed by atoms with van der Waals surface area (Å²) in [7, 11) is 0. The fraction of sp³-hybridized carbons (Fsp3) is 0. The van der Waals surface area contributed by atoms with Crippen molar-refractivity contribution in [1.29, 1.82) is 0 Å². The Morgan fingerprint density at radius 1 is 0.893 bits per heavy atom. The fourth-order valence-corrected chi connectivity index (χ4v) is 3.14. The third kappa shape index (κ3) is 4.82. The summed E-state index contributed by atoms with van der Waals surface area (Å²) in [6.45, 7) is 0. The lowest BCUT2D eigenvalue weighted by Gasteiger charge is -2.12. The van der Waals surface area contributed by atoms with Crippen molar-refractivity contribution in [2.45, 2.75) is 0 Å². The Balaban J connectivity index is 1.68. The Labute approximate surface area is 175 Å². The van der Waals surface area contributed by atoms with Crippen LogP contribution >= 0.6 is 28.1 Å². The second kappa shape index (κ2) is 8.77. The smallest absolute Gasteiger partial charge is 0.337 e. The molecule has 3 N–H and O–H groups in total. The van der Waals surface area contributed by atoms with Crippen LogP contribution in [0.25, 0.3) is 11.1 Å².